The molecule has 7 rings (SSSR count). The average Bonchev–Trinajstić information content (AvgIpc) is 3.28. The summed E-state index contributed by atoms with van der Waals surface area (Å²) in [5.41, 5.74) is 14.8. The van der Waals surface area contributed by atoms with E-state index in [-0.39, 0.29) is 0 Å². The quantitative estimate of drug-likeness (QED) is 0.147. The van der Waals surface area contributed by atoms with Crippen molar-refractivity contribution in [3.8, 4) is 33.5 Å². The van der Waals surface area contributed by atoms with E-state index >= 15 is 0 Å². The number of rotatable bonds is 9. The molecule has 2 nitrogen and oxygen atoms in total. The van der Waals surface area contributed by atoms with Gasteiger partial charge in [0.2, 0.25) is 0 Å². The van der Waals surface area contributed by atoms with Crippen LogP contribution in [0, 0.1) is 0 Å². The highest BCUT2D eigenvalue weighted by Gasteiger charge is 2.47. The summed E-state index contributed by atoms with van der Waals surface area (Å²) in [6.07, 6.45) is 25.7. The van der Waals surface area contributed by atoms with Gasteiger partial charge in [-0.15, -0.1) is 0 Å². The molecule has 0 bridgehead atoms. The molecular formula is C49H44N2. The predicted molar refractivity (Wildman–Crippen MR) is 217 cm³/mol. The maximum Gasteiger partial charge on any atom is 0.160 e. The molecule has 250 valence electrons. The lowest BCUT2D eigenvalue weighted by atomic mass is 9.66. The van der Waals surface area contributed by atoms with E-state index in [2.05, 4.69) is 178 Å². The molecule has 0 radical (unpaired) electrons. The van der Waals surface area contributed by atoms with Crippen LogP contribution >= 0.6 is 0 Å². The van der Waals surface area contributed by atoms with Gasteiger partial charge in [-0.05, 0) is 89.8 Å². The van der Waals surface area contributed by atoms with Gasteiger partial charge in [0.25, 0.3) is 0 Å². The molecule has 2 heteroatoms. The smallest absolute Gasteiger partial charge is 0.160 e. The SMILES string of the molecule is C/C=C\C(=C/C)c1nc(C2=CC=CCC=C2)cc(-c2ccc(-c3cccc4c3-c3ccccc3C4(C(/C=C\C)=C/CC)c3ccccc3)cc2)n1. The summed E-state index contributed by atoms with van der Waals surface area (Å²) in [6, 6.07) is 37.9. The van der Waals surface area contributed by atoms with Gasteiger partial charge in [-0.2, -0.15) is 0 Å². The Kier molecular flexibility index (Phi) is 9.85. The normalized spacial score (nSPS) is 17.1. The van der Waals surface area contributed by atoms with Gasteiger partial charge < -0.3 is 0 Å². The van der Waals surface area contributed by atoms with Crippen LogP contribution in [0.2, 0.25) is 0 Å². The Bertz CT molecular complexity index is 2270. The molecule has 1 heterocycles. The van der Waals surface area contributed by atoms with Gasteiger partial charge in [0, 0.05) is 11.1 Å². The summed E-state index contributed by atoms with van der Waals surface area (Å²) < 4.78 is 0. The van der Waals surface area contributed by atoms with Crippen LogP contribution in [-0.2, 0) is 5.41 Å². The Hall–Kier alpha value is -5.86. The highest BCUT2D eigenvalue weighted by atomic mass is 14.9. The van der Waals surface area contributed by atoms with E-state index in [1.165, 1.54) is 44.5 Å². The average molecular weight is 661 g/mol. The van der Waals surface area contributed by atoms with Crippen LogP contribution in [0.25, 0.3) is 44.7 Å². The summed E-state index contributed by atoms with van der Waals surface area (Å²) in [4.78, 5) is 10.1. The van der Waals surface area contributed by atoms with Gasteiger partial charge in [0.15, 0.2) is 5.82 Å². The molecule has 51 heavy (non-hydrogen) atoms. The minimum absolute atomic E-state index is 0.423. The van der Waals surface area contributed by atoms with Crippen molar-refractivity contribution in [3.63, 3.8) is 0 Å². The van der Waals surface area contributed by atoms with E-state index in [1.807, 2.05) is 19.9 Å². The Morgan fingerprint density at radius 1 is 0.706 bits per heavy atom. The van der Waals surface area contributed by atoms with Gasteiger partial charge in [-0.1, -0.05) is 171 Å². The van der Waals surface area contributed by atoms with Gasteiger partial charge in [0.05, 0.1) is 16.8 Å². The fraction of sp³-hybridized carbons (Fsp3) is 0.143. The molecule has 0 aliphatic heterocycles. The Morgan fingerprint density at radius 3 is 2.18 bits per heavy atom. The number of benzene rings is 4. The van der Waals surface area contributed by atoms with Gasteiger partial charge in [-0.3, -0.25) is 0 Å². The molecule has 5 aromatic rings. The van der Waals surface area contributed by atoms with Crippen molar-refractivity contribution in [1.82, 2.24) is 9.97 Å². The fourth-order valence-corrected chi connectivity index (χ4v) is 7.71. The summed E-state index contributed by atoms with van der Waals surface area (Å²) in [7, 11) is 0. The van der Waals surface area contributed by atoms with Crippen molar-refractivity contribution in [3.05, 3.63) is 204 Å². The molecule has 1 atom stereocenters. The van der Waals surface area contributed by atoms with E-state index < -0.39 is 5.41 Å². The van der Waals surface area contributed by atoms with E-state index in [0.717, 1.165) is 46.8 Å². The van der Waals surface area contributed by atoms with Crippen molar-refractivity contribution in [2.75, 3.05) is 0 Å². The second-order valence-corrected chi connectivity index (χ2v) is 12.9. The number of hydrogen-bond acceptors (Lipinski definition) is 2. The second kappa shape index (κ2) is 14.9. The third-order valence-electron chi connectivity index (χ3n) is 9.89. The van der Waals surface area contributed by atoms with Gasteiger partial charge in [-0.25, -0.2) is 9.97 Å². The first-order valence-corrected chi connectivity index (χ1v) is 18.1. The highest BCUT2D eigenvalue weighted by Crippen LogP contribution is 2.58. The van der Waals surface area contributed by atoms with Crippen LogP contribution in [0.1, 0.15) is 68.7 Å². The number of fused-ring (bicyclic) bond motifs is 3. The Morgan fingerprint density at radius 2 is 1.41 bits per heavy atom. The lowest BCUT2D eigenvalue weighted by Gasteiger charge is -2.35. The van der Waals surface area contributed by atoms with E-state index in [1.54, 1.807) is 0 Å². The zero-order valence-electron chi connectivity index (χ0n) is 30.0. The molecule has 1 unspecified atom stereocenters. The van der Waals surface area contributed by atoms with E-state index in [4.69, 9.17) is 9.97 Å². The van der Waals surface area contributed by atoms with E-state index in [9.17, 15) is 0 Å². The number of aromatic nitrogens is 2. The number of allylic oxidation sites excluding steroid dienone is 14. The van der Waals surface area contributed by atoms with Crippen LogP contribution < -0.4 is 0 Å². The number of hydrogen-bond donors (Lipinski definition) is 0. The first-order chi connectivity index (χ1) is 25.1. The van der Waals surface area contributed by atoms with Crippen molar-refractivity contribution < 1.29 is 0 Å². The van der Waals surface area contributed by atoms with Crippen LogP contribution in [-0.4, -0.2) is 9.97 Å². The van der Waals surface area contributed by atoms with Crippen LogP contribution in [0.3, 0.4) is 0 Å². The van der Waals surface area contributed by atoms with Gasteiger partial charge in [0.1, 0.15) is 0 Å². The molecule has 0 N–H and O–H groups in total. The maximum absolute atomic E-state index is 5.10. The zero-order chi connectivity index (χ0) is 35.2. The molecule has 0 spiro atoms. The maximum atomic E-state index is 5.10. The highest BCUT2D eigenvalue weighted by molar-refractivity contribution is 5.96. The van der Waals surface area contributed by atoms with Crippen LogP contribution in [0.15, 0.2) is 176 Å². The molecule has 1 aromatic heterocycles. The van der Waals surface area contributed by atoms with Crippen LogP contribution in [0.4, 0.5) is 0 Å². The molecule has 2 aliphatic rings. The Labute approximate surface area is 303 Å². The molecular weight excluding hydrogens is 617 g/mol. The first kappa shape index (κ1) is 33.6. The monoisotopic (exact) mass is 660 g/mol. The van der Waals surface area contributed by atoms with Crippen molar-refractivity contribution in [2.24, 2.45) is 0 Å². The molecule has 0 amide bonds. The third-order valence-corrected chi connectivity index (χ3v) is 9.89. The molecule has 0 fully saturated rings. The predicted octanol–water partition coefficient (Wildman–Crippen LogP) is 12.9. The Balaban J connectivity index is 1.39. The largest absolute Gasteiger partial charge is 0.228 e. The molecule has 0 saturated heterocycles. The standard InChI is InChI=1S/C49H44N2/c1-5-19-35(8-4)48-50-45(37-22-12-9-10-13-23-37)34-46(51-48)38-32-30-36(31-33-38)41-27-18-29-44-47(41)42-26-16-17-28-43(42)49(44,39(20-6-2)21-7-3)40-24-14-11-15-25-40/h5-6,8-9,11-34H,7,10H2,1-4H3/b19-5-,20-6-,35-8+,39-21+. The minimum atomic E-state index is -0.423. The fourth-order valence-electron chi connectivity index (χ4n) is 7.71. The molecule has 2 aliphatic carbocycles. The summed E-state index contributed by atoms with van der Waals surface area (Å²) in [5, 5.41) is 0. The van der Waals surface area contributed by atoms with Crippen LogP contribution in [0.5, 0.6) is 0 Å². The van der Waals surface area contributed by atoms with Crippen molar-refractivity contribution in [2.45, 2.75) is 46.0 Å². The lowest BCUT2D eigenvalue weighted by molar-refractivity contribution is 0.761. The molecule has 0 saturated carbocycles. The first-order valence-electron chi connectivity index (χ1n) is 18.1. The van der Waals surface area contributed by atoms with Crippen molar-refractivity contribution >= 4 is 11.1 Å². The summed E-state index contributed by atoms with van der Waals surface area (Å²) >= 11 is 0. The second-order valence-electron chi connectivity index (χ2n) is 12.9. The molecule has 4 aromatic carbocycles. The van der Waals surface area contributed by atoms with E-state index in [0.29, 0.717) is 0 Å². The topological polar surface area (TPSA) is 25.8 Å². The lowest BCUT2D eigenvalue weighted by Crippen LogP contribution is -2.29. The van der Waals surface area contributed by atoms with Gasteiger partial charge >= 0.3 is 0 Å². The summed E-state index contributed by atoms with van der Waals surface area (Å²) in [5.74, 6) is 0.724. The third kappa shape index (κ3) is 6.12. The van der Waals surface area contributed by atoms with Crippen molar-refractivity contribution in [1.29, 1.82) is 0 Å². The minimum Gasteiger partial charge on any atom is -0.228 e. The number of nitrogens with zero attached hydrogens (tertiary/aromatic N) is 2. The zero-order valence-corrected chi connectivity index (χ0v) is 30.0. The summed E-state index contributed by atoms with van der Waals surface area (Å²) in [6.45, 7) is 8.41.